The molecule has 2 aromatic carbocycles. The molecular formula is C27H34FN3O3. The number of carbonyl (C=O) groups excluding carboxylic acids is 2. The molecular weight excluding hydrogens is 433 g/mol. The summed E-state index contributed by atoms with van der Waals surface area (Å²) >= 11 is 0. The lowest BCUT2D eigenvalue weighted by Gasteiger charge is -2.31. The monoisotopic (exact) mass is 467 g/mol. The molecule has 2 amide bonds. The van der Waals surface area contributed by atoms with Gasteiger partial charge in [-0.1, -0.05) is 39.0 Å². The van der Waals surface area contributed by atoms with E-state index in [-0.39, 0.29) is 23.8 Å². The highest BCUT2D eigenvalue weighted by Crippen LogP contribution is 2.33. The number of aromatic hydroxyl groups is 1. The first kappa shape index (κ1) is 25.4. The Hall–Kier alpha value is -3.19. The van der Waals surface area contributed by atoms with E-state index in [0.29, 0.717) is 25.1 Å². The van der Waals surface area contributed by atoms with Crippen LogP contribution in [0.3, 0.4) is 0 Å². The molecule has 0 fully saturated rings. The van der Waals surface area contributed by atoms with Gasteiger partial charge in [0, 0.05) is 38.4 Å². The number of likely N-dealkylation sites (N-methyl/N-ethyl adjacent to an activating group) is 2. The normalized spacial score (nSPS) is 13.9. The number of anilines is 1. The Morgan fingerprint density at radius 1 is 1.12 bits per heavy atom. The topological polar surface area (TPSA) is 64.1 Å². The lowest BCUT2D eigenvalue weighted by Crippen LogP contribution is -2.37. The maximum atomic E-state index is 15.3. The summed E-state index contributed by atoms with van der Waals surface area (Å²) in [4.78, 5) is 30.9. The third kappa shape index (κ3) is 5.47. The minimum Gasteiger partial charge on any atom is -0.507 e. The van der Waals surface area contributed by atoms with Crippen molar-refractivity contribution in [3.8, 4) is 5.75 Å². The molecule has 0 bridgehead atoms. The van der Waals surface area contributed by atoms with Crippen LogP contribution in [0.5, 0.6) is 5.75 Å². The molecule has 7 heteroatoms. The fourth-order valence-corrected chi connectivity index (χ4v) is 4.04. The van der Waals surface area contributed by atoms with Gasteiger partial charge in [0.1, 0.15) is 17.1 Å². The Morgan fingerprint density at radius 2 is 1.82 bits per heavy atom. The SMILES string of the molecule is CN(C)C/C=C/C(=O)N(C)c1ccc2c(c1)CN(C(=O)c1c(O)ccc(C(C)(C)C)c1F)CC2. The first-order chi connectivity index (χ1) is 15.9. The number of nitrogens with zero attached hydrogens (tertiary/aromatic N) is 3. The lowest BCUT2D eigenvalue weighted by atomic mass is 9.85. The molecule has 0 radical (unpaired) electrons. The van der Waals surface area contributed by atoms with Crippen LogP contribution in [0, 0.1) is 5.82 Å². The minimum atomic E-state index is -0.674. The molecule has 0 unspecified atom stereocenters. The molecule has 0 saturated carbocycles. The van der Waals surface area contributed by atoms with Crippen molar-refractivity contribution in [1.29, 1.82) is 0 Å². The van der Waals surface area contributed by atoms with E-state index in [9.17, 15) is 14.7 Å². The quantitative estimate of drug-likeness (QED) is 0.673. The maximum absolute atomic E-state index is 15.3. The van der Waals surface area contributed by atoms with Crippen LogP contribution in [0.1, 0.15) is 47.8 Å². The Labute approximate surface area is 201 Å². The number of fused-ring (bicyclic) bond motifs is 1. The van der Waals surface area contributed by atoms with E-state index < -0.39 is 17.1 Å². The fraction of sp³-hybridized carbons (Fsp3) is 0.407. The first-order valence-corrected chi connectivity index (χ1v) is 11.4. The Kier molecular flexibility index (Phi) is 7.46. The molecule has 0 aromatic heterocycles. The molecule has 1 aliphatic heterocycles. The smallest absolute Gasteiger partial charge is 0.260 e. The van der Waals surface area contributed by atoms with E-state index in [2.05, 4.69) is 0 Å². The summed E-state index contributed by atoms with van der Waals surface area (Å²) in [6.07, 6.45) is 3.97. The summed E-state index contributed by atoms with van der Waals surface area (Å²) in [6, 6.07) is 8.68. The van der Waals surface area contributed by atoms with Gasteiger partial charge in [-0.3, -0.25) is 9.59 Å². The average molecular weight is 468 g/mol. The van der Waals surface area contributed by atoms with Gasteiger partial charge < -0.3 is 19.8 Å². The lowest BCUT2D eigenvalue weighted by molar-refractivity contribution is -0.113. The number of hydrogen-bond donors (Lipinski definition) is 1. The van der Waals surface area contributed by atoms with Crippen LogP contribution in [0.15, 0.2) is 42.5 Å². The van der Waals surface area contributed by atoms with Gasteiger partial charge in [0.05, 0.1) is 0 Å². The number of hydrogen-bond acceptors (Lipinski definition) is 4. The molecule has 0 atom stereocenters. The van der Waals surface area contributed by atoms with E-state index in [0.717, 1.165) is 16.8 Å². The second-order valence-corrected chi connectivity index (χ2v) is 10.1. The summed E-state index contributed by atoms with van der Waals surface area (Å²) in [7, 11) is 5.57. The predicted molar refractivity (Wildman–Crippen MR) is 133 cm³/mol. The van der Waals surface area contributed by atoms with Crippen molar-refractivity contribution in [3.63, 3.8) is 0 Å². The molecule has 1 N–H and O–H groups in total. The van der Waals surface area contributed by atoms with Crippen LogP contribution in [-0.4, -0.2) is 61.0 Å². The van der Waals surface area contributed by atoms with E-state index >= 15 is 4.39 Å². The first-order valence-electron chi connectivity index (χ1n) is 11.4. The maximum Gasteiger partial charge on any atom is 0.260 e. The van der Waals surface area contributed by atoms with Crippen LogP contribution in [0.4, 0.5) is 10.1 Å². The average Bonchev–Trinajstić information content (AvgIpc) is 2.76. The van der Waals surface area contributed by atoms with Gasteiger partial charge in [-0.2, -0.15) is 0 Å². The highest BCUT2D eigenvalue weighted by atomic mass is 19.1. The number of carbonyl (C=O) groups is 2. The summed E-state index contributed by atoms with van der Waals surface area (Å²) in [5.74, 6) is -1.71. The highest BCUT2D eigenvalue weighted by Gasteiger charge is 2.30. The highest BCUT2D eigenvalue weighted by molar-refractivity contribution is 6.01. The number of phenolic OH excluding ortho intramolecular Hbond substituents is 1. The van der Waals surface area contributed by atoms with E-state index in [1.807, 2.05) is 64.0 Å². The standard InChI is InChI=1S/C27H34FN3O3/c1-27(2,3)21-11-12-22(32)24(25(21)28)26(34)31-15-13-18-9-10-20(16-19(18)17-31)30(6)23(33)8-7-14-29(4)5/h7-12,16,32H,13-15,17H2,1-6H3/b8-7+. The molecule has 0 saturated heterocycles. The largest absolute Gasteiger partial charge is 0.507 e. The molecule has 0 aliphatic carbocycles. The summed E-state index contributed by atoms with van der Waals surface area (Å²) in [5.41, 5.74) is 2.30. The Morgan fingerprint density at radius 3 is 2.47 bits per heavy atom. The van der Waals surface area contributed by atoms with E-state index in [1.54, 1.807) is 22.9 Å². The number of rotatable bonds is 5. The van der Waals surface area contributed by atoms with Crippen LogP contribution in [0.2, 0.25) is 0 Å². The fourth-order valence-electron chi connectivity index (χ4n) is 4.04. The number of benzene rings is 2. The summed E-state index contributed by atoms with van der Waals surface area (Å²) < 4.78 is 15.3. The van der Waals surface area contributed by atoms with Crippen LogP contribution in [0.25, 0.3) is 0 Å². The van der Waals surface area contributed by atoms with Crippen molar-refractivity contribution < 1.29 is 19.1 Å². The minimum absolute atomic E-state index is 0.142. The van der Waals surface area contributed by atoms with Crippen molar-refractivity contribution in [1.82, 2.24) is 9.80 Å². The molecule has 34 heavy (non-hydrogen) atoms. The summed E-state index contributed by atoms with van der Waals surface area (Å²) in [5, 5.41) is 10.3. The number of halogens is 1. The second kappa shape index (κ2) is 9.97. The third-order valence-corrected chi connectivity index (χ3v) is 6.08. The van der Waals surface area contributed by atoms with Crippen LogP contribution in [-0.2, 0) is 23.2 Å². The molecule has 3 rings (SSSR count). The number of phenols is 1. The second-order valence-electron chi connectivity index (χ2n) is 10.1. The zero-order valence-corrected chi connectivity index (χ0v) is 20.9. The van der Waals surface area contributed by atoms with Gasteiger partial charge in [-0.15, -0.1) is 0 Å². The van der Waals surface area contributed by atoms with Crippen molar-refractivity contribution in [2.75, 3.05) is 39.1 Å². The van der Waals surface area contributed by atoms with Crippen LogP contribution < -0.4 is 4.90 Å². The zero-order valence-electron chi connectivity index (χ0n) is 20.9. The summed E-state index contributed by atoms with van der Waals surface area (Å²) in [6.45, 7) is 6.96. The van der Waals surface area contributed by atoms with Gasteiger partial charge >= 0.3 is 0 Å². The van der Waals surface area contributed by atoms with Crippen LogP contribution >= 0.6 is 0 Å². The molecule has 0 spiro atoms. The molecule has 1 aliphatic rings. The van der Waals surface area contributed by atoms with Crippen molar-refractivity contribution in [3.05, 3.63) is 70.6 Å². The predicted octanol–water partition coefficient (Wildman–Crippen LogP) is 4.11. The molecule has 1 heterocycles. The van der Waals surface area contributed by atoms with Gasteiger partial charge in [-0.05, 0) is 60.8 Å². The van der Waals surface area contributed by atoms with Gasteiger partial charge in [0.2, 0.25) is 5.91 Å². The van der Waals surface area contributed by atoms with Gasteiger partial charge in [-0.25, -0.2) is 4.39 Å². The van der Waals surface area contributed by atoms with Gasteiger partial charge in [0.15, 0.2) is 0 Å². The Balaban J connectivity index is 1.84. The van der Waals surface area contributed by atoms with E-state index in [1.165, 1.54) is 12.1 Å². The molecule has 6 nitrogen and oxygen atoms in total. The van der Waals surface area contributed by atoms with Crippen molar-refractivity contribution in [2.45, 2.75) is 39.2 Å². The van der Waals surface area contributed by atoms with Gasteiger partial charge in [0.25, 0.3) is 5.91 Å². The zero-order chi connectivity index (χ0) is 25.2. The van der Waals surface area contributed by atoms with Crippen molar-refractivity contribution >= 4 is 17.5 Å². The Bertz CT molecular complexity index is 1120. The van der Waals surface area contributed by atoms with E-state index in [4.69, 9.17) is 0 Å². The molecule has 182 valence electrons. The molecule has 2 aromatic rings. The number of amides is 2. The van der Waals surface area contributed by atoms with Crippen molar-refractivity contribution in [2.24, 2.45) is 0 Å². The third-order valence-electron chi connectivity index (χ3n) is 6.08.